The molecule has 0 N–H and O–H groups in total. The van der Waals surface area contributed by atoms with Crippen LogP contribution in [-0.4, -0.2) is 24.5 Å². The van der Waals surface area contributed by atoms with Crippen LogP contribution in [0, 0.1) is 11.3 Å². The molecular weight excluding hydrogens is 304 g/mol. The molecule has 0 bridgehead atoms. The van der Waals surface area contributed by atoms with Gasteiger partial charge in [-0.1, -0.05) is 19.1 Å². The number of rotatable bonds is 8. The lowest BCUT2D eigenvalue weighted by molar-refractivity contribution is -0.135. The van der Waals surface area contributed by atoms with Crippen molar-refractivity contribution < 1.29 is 19.1 Å². The molecule has 1 aliphatic rings. The van der Waals surface area contributed by atoms with Gasteiger partial charge in [0.05, 0.1) is 12.5 Å². The molecule has 0 radical (unpaired) electrons. The normalized spacial score (nSPS) is 23.5. The van der Waals surface area contributed by atoms with Crippen molar-refractivity contribution in [2.45, 2.75) is 52.4 Å². The second kappa shape index (κ2) is 7.73. The monoisotopic (exact) mass is 330 g/mol. The fraction of sp³-hybridized carbons (Fsp3) is 0.550. The Kier molecular flexibility index (Phi) is 5.92. The molecule has 0 saturated heterocycles. The first-order valence-electron chi connectivity index (χ1n) is 8.59. The Hall–Kier alpha value is -1.97. The number of ether oxygens (including phenoxy) is 1. The predicted molar refractivity (Wildman–Crippen MR) is 92.1 cm³/mol. The second-order valence-electron chi connectivity index (χ2n) is 6.97. The van der Waals surface area contributed by atoms with E-state index in [2.05, 4.69) is 0 Å². The average molecular weight is 330 g/mol. The summed E-state index contributed by atoms with van der Waals surface area (Å²) < 4.78 is 5.19. The van der Waals surface area contributed by atoms with E-state index in [0.717, 1.165) is 24.2 Å². The van der Waals surface area contributed by atoms with Gasteiger partial charge in [0.25, 0.3) is 0 Å². The minimum atomic E-state index is -0.943. The maximum Gasteiger partial charge on any atom is 0.149 e. The molecule has 1 aliphatic carbocycles. The van der Waals surface area contributed by atoms with Crippen molar-refractivity contribution >= 4 is 17.3 Å². The van der Waals surface area contributed by atoms with Gasteiger partial charge in [-0.3, -0.25) is 14.4 Å². The Labute approximate surface area is 143 Å². The highest BCUT2D eigenvalue weighted by Crippen LogP contribution is 2.38. The largest absolute Gasteiger partial charge is 0.497 e. The van der Waals surface area contributed by atoms with Crippen LogP contribution in [0.15, 0.2) is 24.3 Å². The molecule has 1 aromatic rings. The number of ketones is 3. The maximum absolute atomic E-state index is 12.2. The molecule has 4 heteroatoms. The number of Topliss-reactive ketones (excluding diaryl/α,β-unsaturated/α-hetero) is 3. The van der Waals surface area contributed by atoms with Crippen LogP contribution in [0.3, 0.4) is 0 Å². The molecule has 4 nitrogen and oxygen atoms in total. The highest BCUT2D eigenvalue weighted by Gasteiger charge is 2.48. The first-order valence-corrected chi connectivity index (χ1v) is 8.59. The summed E-state index contributed by atoms with van der Waals surface area (Å²) >= 11 is 0. The van der Waals surface area contributed by atoms with Crippen LogP contribution in [-0.2, 0) is 20.8 Å². The first kappa shape index (κ1) is 18.4. The van der Waals surface area contributed by atoms with E-state index >= 15 is 0 Å². The number of aryl methyl sites for hydroxylation is 1. The molecule has 0 spiro atoms. The fourth-order valence-corrected chi connectivity index (χ4v) is 3.37. The summed E-state index contributed by atoms with van der Waals surface area (Å²) in [6.07, 6.45) is 3.03. The van der Waals surface area contributed by atoms with Crippen molar-refractivity contribution in [2.75, 3.05) is 7.11 Å². The van der Waals surface area contributed by atoms with E-state index in [4.69, 9.17) is 4.74 Å². The van der Waals surface area contributed by atoms with E-state index in [0.29, 0.717) is 25.7 Å². The lowest BCUT2D eigenvalue weighted by Gasteiger charge is -2.20. The Morgan fingerprint density at radius 1 is 1.29 bits per heavy atom. The molecule has 130 valence electrons. The zero-order valence-electron chi connectivity index (χ0n) is 14.8. The molecule has 0 aliphatic heterocycles. The number of carbonyl (C=O) groups is 3. The summed E-state index contributed by atoms with van der Waals surface area (Å²) in [5.74, 6) is 0.727. The molecule has 24 heavy (non-hydrogen) atoms. The average Bonchev–Trinajstić information content (AvgIpc) is 2.77. The molecule has 0 amide bonds. The highest BCUT2D eigenvalue weighted by molar-refractivity contribution is 6.13. The number of carbonyl (C=O) groups excluding carboxylic acids is 3. The predicted octanol–water partition coefficient (Wildman–Crippen LogP) is 3.55. The van der Waals surface area contributed by atoms with Gasteiger partial charge in [0.15, 0.2) is 0 Å². The van der Waals surface area contributed by atoms with Crippen molar-refractivity contribution in [1.29, 1.82) is 0 Å². The van der Waals surface area contributed by atoms with Crippen LogP contribution < -0.4 is 4.74 Å². The summed E-state index contributed by atoms with van der Waals surface area (Å²) in [5.41, 5.74) is 0.200. The van der Waals surface area contributed by atoms with Crippen LogP contribution in [0.5, 0.6) is 5.75 Å². The Morgan fingerprint density at radius 3 is 2.67 bits per heavy atom. The third kappa shape index (κ3) is 4.11. The molecule has 1 saturated carbocycles. The first-order chi connectivity index (χ1) is 11.4. The van der Waals surface area contributed by atoms with E-state index in [1.165, 1.54) is 0 Å². The number of hydrogen-bond donors (Lipinski definition) is 0. The smallest absolute Gasteiger partial charge is 0.149 e. The van der Waals surface area contributed by atoms with Crippen molar-refractivity contribution in [2.24, 2.45) is 11.3 Å². The van der Waals surface area contributed by atoms with Crippen LogP contribution in [0.2, 0.25) is 0 Å². The molecule has 2 rings (SSSR count). The number of benzene rings is 1. The van der Waals surface area contributed by atoms with Crippen molar-refractivity contribution in [1.82, 2.24) is 0 Å². The maximum atomic E-state index is 12.2. The molecular formula is C20H26O4. The lowest BCUT2D eigenvalue weighted by Crippen LogP contribution is -2.31. The summed E-state index contributed by atoms with van der Waals surface area (Å²) in [6.45, 7) is 3.49. The zero-order valence-corrected chi connectivity index (χ0v) is 14.8. The minimum Gasteiger partial charge on any atom is -0.497 e. The topological polar surface area (TPSA) is 60.4 Å². The van der Waals surface area contributed by atoms with Gasteiger partial charge in [0.2, 0.25) is 0 Å². The van der Waals surface area contributed by atoms with Gasteiger partial charge in [0.1, 0.15) is 23.1 Å². The summed E-state index contributed by atoms with van der Waals surface area (Å²) in [7, 11) is 1.63. The fourth-order valence-electron chi connectivity index (χ4n) is 3.37. The third-order valence-corrected chi connectivity index (χ3v) is 5.06. The van der Waals surface area contributed by atoms with Crippen LogP contribution in [0.25, 0.3) is 0 Å². The van der Waals surface area contributed by atoms with Gasteiger partial charge in [-0.2, -0.15) is 0 Å². The third-order valence-electron chi connectivity index (χ3n) is 5.06. The van der Waals surface area contributed by atoms with Crippen molar-refractivity contribution in [3.63, 3.8) is 0 Å². The zero-order chi connectivity index (χ0) is 17.7. The highest BCUT2D eigenvalue weighted by atomic mass is 16.5. The summed E-state index contributed by atoms with van der Waals surface area (Å²) in [5, 5.41) is 0. The quantitative estimate of drug-likeness (QED) is 0.684. The van der Waals surface area contributed by atoms with Crippen molar-refractivity contribution in [3.05, 3.63) is 29.8 Å². The molecule has 0 unspecified atom stereocenters. The Morgan fingerprint density at radius 2 is 2.04 bits per heavy atom. The Balaban J connectivity index is 1.77. The van der Waals surface area contributed by atoms with E-state index < -0.39 is 5.41 Å². The Bertz CT molecular complexity index is 634. The molecule has 2 atom stereocenters. The van der Waals surface area contributed by atoms with Crippen LogP contribution >= 0.6 is 0 Å². The van der Waals surface area contributed by atoms with E-state index in [-0.39, 0.29) is 23.3 Å². The van der Waals surface area contributed by atoms with E-state index in [1.807, 2.05) is 24.3 Å². The van der Waals surface area contributed by atoms with Gasteiger partial charge in [0, 0.05) is 25.2 Å². The van der Waals surface area contributed by atoms with Gasteiger partial charge in [-0.15, -0.1) is 0 Å². The summed E-state index contributed by atoms with van der Waals surface area (Å²) in [4.78, 5) is 36.3. The van der Waals surface area contributed by atoms with Gasteiger partial charge in [-0.25, -0.2) is 0 Å². The molecule has 1 fully saturated rings. The SMILES string of the molecule is COc1cccc(CCCC(=O)CC[C@]2(C)C(=O)C[C@H](C)C2=O)c1. The lowest BCUT2D eigenvalue weighted by atomic mass is 9.80. The minimum absolute atomic E-state index is 0.00307. The van der Waals surface area contributed by atoms with Gasteiger partial charge in [-0.05, 0) is 43.9 Å². The van der Waals surface area contributed by atoms with Gasteiger partial charge >= 0.3 is 0 Å². The molecule has 0 aromatic heterocycles. The van der Waals surface area contributed by atoms with Crippen LogP contribution in [0.1, 0.15) is 51.5 Å². The molecule has 1 aromatic carbocycles. The second-order valence-corrected chi connectivity index (χ2v) is 6.97. The van der Waals surface area contributed by atoms with Crippen LogP contribution in [0.4, 0.5) is 0 Å². The van der Waals surface area contributed by atoms with E-state index in [9.17, 15) is 14.4 Å². The molecule has 0 heterocycles. The van der Waals surface area contributed by atoms with Gasteiger partial charge < -0.3 is 4.74 Å². The number of methoxy groups -OCH3 is 1. The summed E-state index contributed by atoms with van der Waals surface area (Å²) in [6, 6.07) is 7.83. The number of hydrogen-bond acceptors (Lipinski definition) is 4. The van der Waals surface area contributed by atoms with E-state index in [1.54, 1.807) is 21.0 Å². The van der Waals surface area contributed by atoms with Crippen molar-refractivity contribution in [3.8, 4) is 5.75 Å². The standard InChI is InChI=1S/C20H26O4/c1-14-12-18(22)20(2,19(14)23)11-10-16(21)8-4-6-15-7-5-9-17(13-15)24-3/h5,7,9,13-14H,4,6,8,10-12H2,1-3H3/t14-,20+/m0/s1.